The molecular weight excluding hydrogens is 136 g/mol. The topological polar surface area (TPSA) is 17.1 Å². The Kier molecular flexibility index (Phi) is 1.70. The molecule has 0 heterocycles. The maximum Gasteiger partial charge on any atom is 0.137 e. The summed E-state index contributed by atoms with van der Waals surface area (Å²) in [5.41, 5.74) is 2.82. The molecule has 1 atom stereocenters. The van der Waals surface area contributed by atoms with Gasteiger partial charge in [0.05, 0.1) is 0 Å². The van der Waals surface area contributed by atoms with Crippen LogP contribution in [0.3, 0.4) is 0 Å². The molecule has 0 aromatic carbocycles. The minimum atomic E-state index is 0.157. The molecule has 0 bridgehead atoms. The minimum absolute atomic E-state index is 0.157. The number of rotatable bonds is 1. The maximum atomic E-state index is 11.1. The molecule has 1 fully saturated rings. The molecule has 1 heteroatoms. The Balaban J connectivity index is 2.94. The van der Waals surface area contributed by atoms with E-state index in [0.717, 1.165) is 0 Å². The van der Waals surface area contributed by atoms with Gasteiger partial charge in [-0.05, 0) is 20.8 Å². The average Bonchev–Trinajstić information content (AvgIpc) is 2.33. The van der Waals surface area contributed by atoms with Crippen LogP contribution in [0, 0.1) is 11.3 Å². The molecular formula is C10H16O. The Morgan fingerprint density at radius 3 is 1.82 bits per heavy atom. The molecule has 11 heavy (non-hydrogen) atoms. The van der Waals surface area contributed by atoms with Crippen LogP contribution in [0.5, 0.6) is 0 Å². The van der Waals surface area contributed by atoms with Crippen molar-refractivity contribution in [3.05, 3.63) is 11.1 Å². The molecule has 1 aliphatic carbocycles. The molecule has 0 aliphatic heterocycles. The van der Waals surface area contributed by atoms with Gasteiger partial charge < -0.3 is 0 Å². The van der Waals surface area contributed by atoms with Crippen LogP contribution >= 0.6 is 0 Å². The lowest BCUT2D eigenvalue weighted by atomic mass is 10.1. The van der Waals surface area contributed by atoms with E-state index in [-0.39, 0.29) is 11.3 Å². The molecule has 0 N–H and O–H groups in total. The number of ketones is 1. The van der Waals surface area contributed by atoms with Crippen LogP contribution < -0.4 is 0 Å². The fraction of sp³-hybridized carbons (Fsp3) is 0.700. The van der Waals surface area contributed by atoms with Gasteiger partial charge in [0.2, 0.25) is 0 Å². The van der Waals surface area contributed by atoms with Crippen molar-refractivity contribution in [2.45, 2.75) is 34.6 Å². The number of Topliss-reactive ketones (excluding diaryl/α,β-unsaturated/α-hetero) is 1. The third-order valence-corrected chi connectivity index (χ3v) is 2.57. The molecule has 1 nitrogen and oxygen atoms in total. The van der Waals surface area contributed by atoms with Gasteiger partial charge in [0.1, 0.15) is 5.78 Å². The first kappa shape index (κ1) is 8.51. The van der Waals surface area contributed by atoms with Crippen LogP contribution in [-0.4, -0.2) is 5.78 Å². The third kappa shape index (κ3) is 1.13. The lowest BCUT2D eigenvalue weighted by Crippen LogP contribution is -1.99. The first-order valence-corrected chi connectivity index (χ1v) is 4.07. The minimum Gasteiger partial charge on any atom is -0.299 e. The summed E-state index contributed by atoms with van der Waals surface area (Å²) in [6, 6.07) is 0. The zero-order valence-electron chi connectivity index (χ0n) is 7.99. The van der Waals surface area contributed by atoms with Crippen LogP contribution in [0.15, 0.2) is 11.1 Å². The smallest absolute Gasteiger partial charge is 0.137 e. The first-order valence-electron chi connectivity index (χ1n) is 4.07. The fourth-order valence-electron chi connectivity index (χ4n) is 2.19. The van der Waals surface area contributed by atoms with Crippen molar-refractivity contribution in [2.75, 3.05) is 0 Å². The summed E-state index contributed by atoms with van der Waals surface area (Å²) in [4.78, 5) is 11.1. The standard InChI is InChI=1S/C10H16O/c1-6(2)8-9(7(3)11)10(8,4)5/h9H,1-5H3. The lowest BCUT2D eigenvalue weighted by molar-refractivity contribution is -0.118. The van der Waals surface area contributed by atoms with Gasteiger partial charge >= 0.3 is 0 Å². The van der Waals surface area contributed by atoms with Crippen LogP contribution in [0.25, 0.3) is 0 Å². The molecule has 1 rings (SSSR count). The summed E-state index contributed by atoms with van der Waals surface area (Å²) in [5, 5.41) is 0. The summed E-state index contributed by atoms with van der Waals surface area (Å²) in [5.74, 6) is 0.527. The molecule has 0 aromatic heterocycles. The summed E-state index contributed by atoms with van der Waals surface area (Å²) in [7, 11) is 0. The van der Waals surface area contributed by atoms with E-state index in [4.69, 9.17) is 0 Å². The highest BCUT2D eigenvalue weighted by Crippen LogP contribution is 2.59. The van der Waals surface area contributed by atoms with Gasteiger partial charge in [-0.15, -0.1) is 0 Å². The van der Waals surface area contributed by atoms with Gasteiger partial charge in [-0.1, -0.05) is 25.0 Å². The van der Waals surface area contributed by atoms with Crippen molar-refractivity contribution in [3.8, 4) is 0 Å². The zero-order valence-corrected chi connectivity index (χ0v) is 7.99. The SMILES string of the molecule is CC(=O)C1C(=C(C)C)C1(C)C. The highest BCUT2D eigenvalue weighted by Gasteiger charge is 2.55. The molecule has 0 spiro atoms. The Hall–Kier alpha value is -0.590. The quantitative estimate of drug-likeness (QED) is 0.528. The van der Waals surface area contributed by atoms with Crippen molar-refractivity contribution >= 4 is 5.78 Å². The highest BCUT2D eigenvalue weighted by molar-refractivity contribution is 5.88. The second-order valence-electron chi connectivity index (χ2n) is 4.18. The zero-order chi connectivity index (χ0) is 8.81. The van der Waals surface area contributed by atoms with Gasteiger partial charge in [-0.3, -0.25) is 4.79 Å². The largest absolute Gasteiger partial charge is 0.299 e. The van der Waals surface area contributed by atoms with Crippen LogP contribution in [0.2, 0.25) is 0 Å². The molecule has 1 unspecified atom stereocenters. The van der Waals surface area contributed by atoms with E-state index in [2.05, 4.69) is 27.7 Å². The average molecular weight is 152 g/mol. The van der Waals surface area contributed by atoms with Crippen LogP contribution in [0.1, 0.15) is 34.6 Å². The predicted molar refractivity (Wildman–Crippen MR) is 46.3 cm³/mol. The second-order valence-corrected chi connectivity index (χ2v) is 4.18. The van der Waals surface area contributed by atoms with Gasteiger partial charge in [-0.25, -0.2) is 0 Å². The molecule has 0 saturated heterocycles. The van der Waals surface area contributed by atoms with Crippen molar-refractivity contribution in [1.82, 2.24) is 0 Å². The molecule has 0 amide bonds. The van der Waals surface area contributed by atoms with Crippen LogP contribution in [-0.2, 0) is 4.79 Å². The Bertz CT molecular complexity index is 229. The van der Waals surface area contributed by atoms with E-state index in [1.807, 2.05) is 0 Å². The Morgan fingerprint density at radius 2 is 1.73 bits per heavy atom. The number of carbonyl (C=O) groups is 1. The van der Waals surface area contributed by atoms with Crippen molar-refractivity contribution in [3.63, 3.8) is 0 Å². The Morgan fingerprint density at radius 1 is 1.27 bits per heavy atom. The summed E-state index contributed by atoms with van der Waals surface area (Å²) in [6.07, 6.45) is 0. The number of carbonyl (C=O) groups excluding carboxylic acids is 1. The predicted octanol–water partition coefficient (Wildman–Crippen LogP) is 2.57. The Labute approximate surface area is 68.5 Å². The third-order valence-electron chi connectivity index (χ3n) is 2.57. The van der Waals surface area contributed by atoms with E-state index in [1.165, 1.54) is 11.1 Å². The number of hydrogen-bond acceptors (Lipinski definition) is 1. The highest BCUT2D eigenvalue weighted by atomic mass is 16.1. The summed E-state index contributed by atoms with van der Waals surface area (Å²) >= 11 is 0. The molecule has 0 radical (unpaired) electrons. The van der Waals surface area contributed by atoms with E-state index >= 15 is 0 Å². The maximum absolute atomic E-state index is 11.1. The van der Waals surface area contributed by atoms with E-state index < -0.39 is 0 Å². The van der Waals surface area contributed by atoms with Gasteiger partial charge in [0.15, 0.2) is 0 Å². The summed E-state index contributed by atoms with van der Waals surface area (Å²) < 4.78 is 0. The number of hydrogen-bond donors (Lipinski definition) is 0. The molecule has 0 aromatic rings. The lowest BCUT2D eigenvalue weighted by Gasteiger charge is -1.95. The summed E-state index contributed by atoms with van der Waals surface area (Å²) in [6.45, 7) is 10.1. The van der Waals surface area contributed by atoms with Gasteiger partial charge in [0.25, 0.3) is 0 Å². The first-order chi connectivity index (χ1) is 4.89. The monoisotopic (exact) mass is 152 g/mol. The van der Waals surface area contributed by atoms with E-state index in [0.29, 0.717) is 5.78 Å². The number of allylic oxidation sites excluding steroid dienone is 2. The molecule has 1 saturated carbocycles. The van der Waals surface area contributed by atoms with Crippen LogP contribution in [0.4, 0.5) is 0 Å². The van der Waals surface area contributed by atoms with Gasteiger partial charge in [-0.2, -0.15) is 0 Å². The molecule has 1 aliphatic rings. The van der Waals surface area contributed by atoms with E-state index in [9.17, 15) is 4.79 Å². The van der Waals surface area contributed by atoms with Crippen molar-refractivity contribution < 1.29 is 4.79 Å². The van der Waals surface area contributed by atoms with E-state index in [1.54, 1.807) is 6.92 Å². The van der Waals surface area contributed by atoms with Crippen molar-refractivity contribution in [2.24, 2.45) is 11.3 Å². The molecule has 62 valence electrons. The van der Waals surface area contributed by atoms with Crippen molar-refractivity contribution in [1.29, 1.82) is 0 Å². The second kappa shape index (κ2) is 2.20. The fourth-order valence-corrected chi connectivity index (χ4v) is 2.19. The van der Waals surface area contributed by atoms with Gasteiger partial charge in [0, 0.05) is 11.3 Å². The normalized spacial score (nSPS) is 26.6.